The van der Waals surface area contributed by atoms with Crippen molar-refractivity contribution in [3.8, 4) is 0 Å². The Morgan fingerprint density at radius 1 is 1.05 bits per heavy atom. The molecule has 0 radical (unpaired) electrons. The van der Waals surface area contributed by atoms with Crippen LogP contribution in [-0.2, 0) is 16.6 Å². The lowest BCUT2D eigenvalue weighted by atomic mass is 10.1. The average molecular weight is 316 g/mol. The highest BCUT2D eigenvalue weighted by molar-refractivity contribution is 7.84. The van der Waals surface area contributed by atoms with E-state index in [1.54, 1.807) is 12.1 Å². The van der Waals surface area contributed by atoms with Crippen molar-refractivity contribution in [2.45, 2.75) is 10.6 Å². The van der Waals surface area contributed by atoms with Crippen LogP contribution in [0.25, 0.3) is 10.1 Å². The van der Waals surface area contributed by atoms with E-state index in [0.29, 0.717) is 10.5 Å². The summed E-state index contributed by atoms with van der Waals surface area (Å²) in [6.07, 6.45) is 0. The molecule has 0 saturated heterocycles. The normalized spacial score (nSPS) is 12.4. The fourth-order valence-electron chi connectivity index (χ4n) is 2.20. The summed E-state index contributed by atoms with van der Waals surface area (Å²) in [5.74, 6) is -0.744. The zero-order valence-corrected chi connectivity index (χ0v) is 12.6. The number of hydrogen-bond acceptors (Lipinski definition) is 3. The summed E-state index contributed by atoms with van der Waals surface area (Å²) in [5.41, 5.74) is 0.658. The Balaban J connectivity index is 2.05. The van der Waals surface area contributed by atoms with Gasteiger partial charge in [0.15, 0.2) is 0 Å². The summed E-state index contributed by atoms with van der Waals surface area (Å²) in [6.45, 7) is 0. The number of rotatable bonds is 4. The van der Waals surface area contributed by atoms with Crippen LogP contribution >= 0.6 is 11.3 Å². The standard InChI is InChI=1S/C16H12O3S2/c17-16(18)15-13(12-8-4-5-9-14(12)20-15)10-21(19)11-6-2-1-3-7-11/h1-9H,10H2,(H,17,18). The van der Waals surface area contributed by atoms with Gasteiger partial charge in [-0.2, -0.15) is 0 Å². The number of benzene rings is 2. The van der Waals surface area contributed by atoms with E-state index in [1.165, 1.54) is 11.3 Å². The molecule has 0 aliphatic rings. The van der Waals surface area contributed by atoms with Crippen LogP contribution in [0.1, 0.15) is 15.2 Å². The van der Waals surface area contributed by atoms with E-state index in [4.69, 9.17) is 0 Å². The zero-order valence-electron chi connectivity index (χ0n) is 11.0. The van der Waals surface area contributed by atoms with Crippen LogP contribution in [0.4, 0.5) is 0 Å². The third kappa shape index (κ3) is 2.75. The summed E-state index contributed by atoms with van der Waals surface area (Å²) < 4.78 is 13.4. The maximum Gasteiger partial charge on any atom is 0.346 e. The van der Waals surface area contributed by atoms with Crippen LogP contribution in [-0.4, -0.2) is 15.3 Å². The van der Waals surface area contributed by atoms with Gasteiger partial charge in [0.2, 0.25) is 0 Å². The molecule has 0 aliphatic heterocycles. The smallest absolute Gasteiger partial charge is 0.346 e. The van der Waals surface area contributed by atoms with Crippen molar-refractivity contribution in [2.24, 2.45) is 0 Å². The first-order valence-electron chi connectivity index (χ1n) is 6.34. The topological polar surface area (TPSA) is 54.4 Å². The van der Waals surface area contributed by atoms with Gasteiger partial charge in [0.1, 0.15) is 4.88 Å². The highest BCUT2D eigenvalue weighted by Gasteiger charge is 2.19. The molecule has 5 heteroatoms. The molecule has 3 rings (SSSR count). The Bertz CT molecular complexity index is 822. The van der Waals surface area contributed by atoms with Gasteiger partial charge in [0.05, 0.1) is 16.6 Å². The highest BCUT2D eigenvalue weighted by atomic mass is 32.2. The van der Waals surface area contributed by atoms with Crippen LogP contribution in [0.3, 0.4) is 0 Å². The van der Waals surface area contributed by atoms with Gasteiger partial charge in [-0.05, 0) is 29.1 Å². The van der Waals surface area contributed by atoms with Gasteiger partial charge in [0.25, 0.3) is 0 Å². The first-order chi connectivity index (χ1) is 10.2. The van der Waals surface area contributed by atoms with Crippen molar-refractivity contribution in [3.05, 3.63) is 65.0 Å². The molecule has 1 heterocycles. The number of hydrogen-bond donors (Lipinski definition) is 1. The van der Waals surface area contributed by atoms with Crippen LogP contribution in [0, 0.1) is 0 Å². The number of fused-ring (bicyclic) bond motifs is 1. The van der Waals surface area contributed by atoms with E-state index in [9.17, 15) is 14.1 Å². The molecule has 0 spiro atoms. The third-order valence-electron chi connectivity index (χ3n) is 3.17. The predicted octanol–water partition coefficient (Wildman–Crippen LogP) is 3.91. The van der Waals surface area contributed by atoms with E-state index in [0.717, 1.165) is 10.1 Å². The number of thiophene rings is 1. The van der Waals surface area contributed by atoms with Crippen LogP contribution < -0.4 is 0 Å². The monoisotopic (exact) mass is 316 g/mol. The molecule has 0 bridgehead atoms. The molecule has 106 valence electrons. The zero-order chi connectivity index (χ0) is 14.8. The fourth-order valence-corrected chi connectivity index (χ4v) is 4.54. The van der Waals surface area contributed by atoms with Crippen LogP contribution in [0.5, 0.6) is 0 Å². The molecule has 0 amide bonds. The Kier molecular flexibility index (Phi) is 3.86. The highest BCUT2D eigenvalue weighted by Crippen LogP contribution is 2.32. The maximum absolute atomic E-state index is 12.5. The molecule has 0 aliphatic carbocycles. The van der Waals surface area contributed by atoms with Crippen molar-refractivity contribution in [1.29, 1.82) is 0 Å². The number of carboxylic acid groups (broad SMARTS) is 1. The van der Waals surface area contributed by atoms with Crippen LogP contribution in [0.15, 0.2) is 59.5 Å². The molecule has 1 atom stereocenters. The Hall–Kier alpha value is -1.98. The summed E-state index contributed by atoms with van der Waals surface area (Å²) >= 11 is 1.24. The first kappa shape index (κ1) is 14.0. The summed E-state index contributed by atoms with van der Waals surface area (Å²) in [6, 6.07) is 16.6. The second-order valence-electron chi connectivity index (χ2n) is 4.51. The molecule has 1 unspecified atom stereocenters. The minimum Gasteiger partial charge on any atom is -0.477 e. The molecular weight excluding hydrogens is 304 g/mol. The van der Waals surface area contributed by atoms with Crippen molar-refractivity contribution < 1.29 is 14.1 Å². The second kappa shape index (κ2) is 5.79. The van der Waals surface area contributed by atoms with Crippen molar-refractivity contribution >= 4 is 38.2 Å². The molecule has 1 aromatic heterocycles. The van der Waals surface area contributed by atoms with E-state index in [2.05, 4.69) is 0 Å². The molecule has 1 N–H and O–H groups in total. The minimum absolute atomic E-state index is 0.218. The SMILES string of the molecule is O=C(O)c1sc2ccccc2c1CS(=O)c1ccccc1. The first-order valence-corrected chi connectivity index (χ1v) is 8.47. The quantitative estimate of drug-likeness (QED) is 0.794. The molecule has 3 aromatic rings. The van der Waals surface area contributed by atoms with E-state index < -0.39 is 16.8 Å². The van der Waals surface area contributed by atoms with Gasteiger partial charge in [-0.15, -0.1) is 11.3 Å². The third-order valence-corrected chi connectivity index (χ3v) is 5.72. The molecule has 0 fully saturated rings. The van der Waals surface area contributed by atoms with Crippen LogP contribution in [0.2, 0.25) is 0 Å². The summed E-state index contributed by atoms with van der Waals surface area (Å²) in [4.78, 5) is 12.4. The molecule has 0 saturated carbocycles. The van der Waals surface area contributed by atoms with E-state index in [-0.39, 0.29) is 10.6 Å². The summed E-state index contributed by atoms with van der Waals surface area (Å²) in [5, 5.41) is 10.2. The Labute approximate surface area is 128 Å². The predicted molar refractivity (Wildman–Crippen MR) is 85.3 cm³/mol. The fraction of sp³-hybridized carbons (Fsp3) is 0.0625. The van der Waals surface area contributed by atoms with E-state index in [1.807, 2.05) is 42.5 Å². The molecule has 2 aromatic carbocycles. The Morgan fingerprint density at radius 3 is 2.43 bits per heavy atom. The van der Waals surface area contributed by atoms with Crippen molar-refractivity contribution in [1.82, 2.24) is 0 Å². The van der Waals surface area contributed by atoms with Gasteiger partial charge in [-0.3, -0.25) is 4.21 Å². The molecular formula is C16H12O3S2. The van der Waals surface area contributed by atoms with E-state index >= 15 is 0 Å². The maximum atomic E-state index is 12.5. The average Bonchev–Trinajstić information content (AvgIpc) is 2.87. The van der Waals surface area contributed by atoms with Gasteiger partial charge in [-0.25, -0.2) is 4.79 Å². The number of carbonyl (C=O) groups is 1. The van der Waals surface area contributed by atoms with Gasteiger partial charge in [-0.1, -0.05) is 36.4 Å². The number of carboxylic acids is 1. The minimum atomic E-state index is -1.25. The van der Waals surface area contributed by atoms with Crippen molar-refractivity contribution in [2.75, 3.05) is 0 Å². The molecule has 21 heavy (non-hydrogen) atoms. The van der Waals surface area contributed by atoms with Crippen molar-refractivity contribution in [3.63, 3.8) is 0 Å². The summed E-state index contributed by atoms with van der Waals surface area (Å²) in [7, 11) is -1.25. The lowest BCUT2D eigenvalue weighted by molar-refractivity contribution is 0.0701. The van der Waals surface area contributed by atoms with Gasteiger partial charge < -0.3 is 5.11 Å². The lowest BCUT2D eigenvalue weighted by Gasteiger charge is -2.03. The number of aromatic carboxylic acids is 1. The van der Waals surface area contributed by atoms with Gasteiger partial charge in [0, 0.05) is 9.60 Å². The molecule has 3 nitrogen and oxygen atoms in total. The largest absolute Gasteiger partial charge is 0.477 e. The lowest BCUT2D eigenvalue weighted by Crippen LogP contribution is -2.02. The second-order valence-corrected chi connectivity index (χ2v) is 7.02. The Morgan fingerprint density at radius 2 is 1.71 bits per heavy atom. The van der Waals surface area contributed by atoms with Gasteiger partial charge >= 0.3 is 5.97 Å².